The molecule has 0 aliphatic carbocycles. The molecule has 1 aliphatic heterocycles. The van der Waals surface area contributed by atoms with Gasteiger partial charge >= 0.3 is 5.97 Å². The quantitative estimate of drug-likeness (QED) is 0.646. The van der Waals surface area contributed by atoms with Crippen LogP contribution in [0, 0.1) is 0 Å². The van der Waals surface area contributed by atoms with Gasteiger partial charge in [-0.3, -0.25) is 4.79 Å². The van der Waals surface area contributed by atoms with Gasteiger partial charge in [-0.15, -0.1) is 0 Å². The largest absolute Gasteiger partial charge is 0.460 e. The number of carbonyl (C=O) groups is 1. The summed E-state index contributed by atoms with van der Waals surface area (Å²) >= 11 is 0. The van der Waals surface area contributed by atoms with Gasteiger partial charge in [0, 0.05) is 19.5 Å². The molecule has 0 spiro atoms. The van der Waals surface area contributed by atoms with E-state index in [0.29, 0.717) is 13.0 Å². The SMILES string of the molecule is CCC(=O)OC(C)C1CNCCO1. The summed E-state index contributed by atoms with van der Waals surface area (Å²) in [6.45, 7) is 5.99. The summed E-state index contributed by atoms with van der Waals surface area (Å²) in [5, 5.41) is 3.19. The summed E-state index contributed by atoms with van der Waals surface area (Å²) in [4.78, 5) is 11.0. The molecule has 0 aromatic heterocycles. The Morgan fingerprint density at radius 3 is 3.08 bits per heavy atom. The van der Waals surface area contributed by atoms with Gasteiger partial charge in [0.1, 0.15) is 12.2 Å². The highest BCUT2D eigenvalue weighted by molar-refractivity contribution is 5.69. The Labute approximate surface area is 78.6 Å². The lowest BCUT2D eigenvalue weighted by atomic mass is 10.2. The van der Waals surface area contributed by atoms with Gasteiger partial charge < -0.3 is 14.8 Å². The van der Waals surface area contributed by atoms with Gasteiger partial charge in [-0.1, -0.05) is 6.92 Å². The zero-order chi connectivity index (χ0) is 9.68. The summed E-state index contributed by atoms with van der Waals surface area (Å²) < 4.78 is 10.6. The number of esters is 1. The van der Waals surface area contributed by atoms with Crippen molar-refractivity contribution in [2.75, 3.05) is 19.7 Å². The molecule has 0 aromatic carbocycles. The topological polar surface area (TPSA) is 47.6 Å². The maximum absolute atomic E-state index is 11.0. The lowest BCUT2D eigenvalue weighted by Crippen LogP contribution is -2.45. The Bertz CT molecular complexity index is 166. The van der Waals surface area contributed by atoms with Crippen LogP contribution >= 0.6 is 0 Å². The molecule has 0 aromatic rings. The molecular weight excluding hydrogens is 170 g/mol. The molecule has 1 fully saturated rings. The van der Waals surface area contributed by atoms with Crippen molar-refractivity contribution < 1.29 is 14.3 Å². The molecule has 2 unspecified atom stereocenters. The molecule has 2 atom stereocenters. The highest BCUT2D eigenvalue weighted by atomic mass is 16.6. The summed E-state index contributed by atoms with van der Waals surface area (Å²) in [7, 11) is 0. The molecule has 0 saturated carbocycles. The van der Waals surface area contributed by atoms with E-state index in [0.717, 1.165) is 13.1 Å². The van der Waals surface area contributed by atoms with Gasteiger partial charge in [0.25, 0.3) is 0 Å². The molecule has 1 heterocycles. The minimum absolute atomic E-state index is 0.00394. The van der Waals surface area contributed by atoms with E-state index in [1.54, 1.807) is 6.92 Å². The van der Waals surface area contributed by atoms with Crippen molar-refractivity contribution in [1.82, 2.24) is 5.32 Å². The zero-order valence-electron chi connectivity index (χ0n) is 8.21. The molecule has 76 valence electrons. The molecule has 1 aliphatic rings. The normalized spacial score (nSPS) is 25.2. The maximum Gasteiger partial charge on any atom is 0.305 e. The van der Waals surface area contributed by atoms with Gasteiger partial charge in [-0.05, 0) is 6.92 Å². The second kappa shape index (κ2) is 5.19. The third-order valence-corrected chi connectivity index (χ3v) is 2.09. The summed E-state index contributed by atoms with van der Waals surface area (Å²) in [5.41, 5.74) is 0. The van der Waals surface area contributed by atoms with Crippen molar-refractivity contribution >= 4 is 5.97 Å². The third kappa shape index (κ3) is 3.32. The first kappa shape index (κ1) is 10.5. The van der Waals surface area contributed by atoms with E-state index in [2.05, 4.69) is 5.32 Å². The molecule has 4 nitrogen and oxygen atoms in total. The van der Waals surface area contributed by atoms with E-state index < -0.39 is 0 Å². The van der Waals surface area contributed by atoms with Gasteiger partial charge in [0.05, 0.1) is 6.61 Å². The summed E-state index contributed by atoms with van der Waals surface area (Å²) in [6.07, 6.45) is 0.273. The minimum atomic E-state index is -0.165. The van der Waals surface area contributed by atoms with Crippen molar-refractivity contribution in [3.8, 4) is 0 Å². The minimum Gasteiger partial charge on any atom is -0.460 e. The van der Waals surface area contributed by atoms with Gasteiger partial charge in [0.2, 0.25) is 0 Å². The average molecular weight is 187 g/mol. The molecule has 0 radical (unpaired) electrons. The van der Waals surface area contributed by atoms with E-state index in [1.807, 2.05) is 6.92 Å². The third-order valence-electron chi connectivity index (χ3n) is 2.09. The molecule has 1 N–H and O–H groups in total. The second-order valence-corrected chi connectivity index (χ2v) is 3.16. The number of hydrogen-bond donors (Lipinski definition) is 1. The molecular formula is C9H17NO3. The zero-order valence-corrected chi connectivity index (χ0v) is 8.21. The fourth-order valence-corrected chi connectivity index (χ4v) is 1.25. The number of hydrogen-bond acceptors (Lipinski definition) is 4. The van der Waals surface area contributed by atoms with Crippen LogP contribution in [0.5, 0.6) is 0 Å². The van der Waals surface area contributed by atoms with Crippen LogP contribution in [0.2, 0.25) is 0 Å². The smallest absolute Gasteiger partial charge is 0.305 e. The second-order valence-electron chi connectivity index (χ2n) is 3.16. The van der Waals surface area contributed by atoms with Crippen LogP contribution < -0.4 is 5.32 Å². The van der Waals surface area contributed by atoms with Gasteiger partial charge in [0.15, 0.2) is 0 Å². The Kier molecular flexibility index (Phi) is 4.18. The van der Waals surface area contributed by atoms with Crippen molar-refractivity contribution in [3.05, 3.63) is 0 Å². The Balaban J connectivity index is 2.28. The lowest BCUT2D eigenvalue weighted by Gasteiger charge is -2.28. The predicted molar refractivity (Wildman–Crippen MR) is 48.5 cm³/mol. The van der Waals surface area contributed by atoms with Crippen LogP contribution in [0.15, 0.2) is 0 Å². The number of ether oxygens (including phenoxy) is 2. The van der Waals surface area contributed by atoms with Gasteiger partial charge in [-0.2, -0.15) is 0 Å². The Morgan fingerprint density at radius 2 is 2.54 bits per heavy atom. The fourth-order valence-electron chi connectivity index (χ4n) is 1.25. The van der Waals surface area contributed by atoms with E-state index >= 15 is 0 Å². The lowest BCUT2D eigenvalue weighted by molar-refractivity contribution is -0.156. The van der Waals surface area contributed by atoms with E-state index in [9.17, 15) is 4.79 Å². The molecule has 13 heavy (non-hydrogen) atoms. The first-order chi connectivity index (χ1) is 6.24. The first-order valence-corrected chi connectivity index (χ1v) is 4.76. The van der Waals surface area contributed by atoms with E-state index in [1.165, 1.54) is 0 Å². The van der Waals surface area contributed by atoms with Crippen LogP contribution in [-0.2, 0) is 14.3 Å². The number of carbonyl (C=O) groups excluding carboxylic acids is 1. The Hall–Kier alpha value is -0.610. The molecule has 1 rings (SSSR count). The van der Waals surface area contributed by atoms with Crippen LogP contribution in [0.4, 0.5) is 0 Å². The number of nitrogens with one attached hydrogen (secondary N) is 1. The van der Waals surface area contributed by atoms with Crippen LogP contribution in [-0.4, -0.2) is 37.9 Å². The summed E-state index contributed by atoms with van der Waals surface area (Å²) in [5.74, 6) is -0.165. The van der Waals surface area contributed by atoms with Crippen molar-refractivity contribution in [1.29, 1.82) is 0 Å². The van der Waals surface area contributed by atoms with E-state index in [-0.39, 0.29) is 18.2 Å². The average Bonchev–Trinajstić information content (AvgIpc) is 2.19. The van der Waals surface area contributed by atoms with E-state index in [4.69, 9.17) is 9.47 Å². The van der Waals surface area contributed by atoms with Crippen molar-refractivity contribution in [3.63, 3.8) is 0 Å². The highest BCUT2D eigenvalue weighted by Gasteiger charge is 2.22. The maximum atomic E-state index is 11.0. The molecule has 0 amide bonds. The standard InChI is InChI=1S/C9H17NO3/c1-3-9(11)13-7(2)8-6-10-4-5-12-8/h7-8,10H,3-6H2,1-2H3. The molecule has 0 bridgehead atoms. The number of rotatable bonds is 3. The van der Waals surface area contributed by atoms with Gasteiger partial charge in [-0.25, -0.2) is 0 Å². The van der Waals surface area contributed by atoms with Crippen molar-refractivity contribution in [2.45, 2.75) is 32.5 Å². The van der Waals surface area contributed by atoms with Crippen molar-refractivity contribution in [2.24, 2.45) is 0 Å². The number of morpholine rings is 1. The van der Waals surface area contributed by atoms with Crippen LogP contribution in [0.3, 0.4) is 0 Å². The monoisotopic (exact) mass is 187 g/mol. The first-order valence-electron chi connectivity index (χ1n) is 4.76. The van der Waals surface area contributed by atoms with Crippen LogP contribution in [0.1, 0.15) is 20.3 Å². The highest BCUT2D eigenvalue weighted by Crippen LogP contribution is 2.06. The fraction of sp³-hybridized carbons (Fsp3) is 0.889. The molecule has 4 heteroatoms. The molecule has 1 saturated heterocycles. The predicted octanol–water partition coefficient (Wildman–Crippen LogP) is 0.317. The summed E-state index contributed by atoms with van der Waals surface area (Å²) in [6, 6.07) is 0. The Morgan fingerprint density at radius 1 is 1.77 bits per heavy atom. The van der Waals surface area contributed by atoms with Crippen LogP contribution in [0.25, 0.3) is 0 Å².